The lowest BCUT2D eigenvalue weighted by atomic mass is 10.1. The summed E-state index contributed by atoms with van der Waals surface area (Å²) in [5, 5.41) is 1.21. The van der Waals surface area contributed by atoms with Gasteiger partial charge in [0.1, 0.15) is 0 Å². The number of pyridine rings is 2. The number of hydrogen-bond donors (Lipinski definition) is 0. The van der Waals surface area contributed by atoms with Crippen molar-refractivity contribution in [1.29, 1.82) is 0 Å². The van der Waals surface area contributed by atoms with E-state index in [1.165, 1.54) is 11.1 Å². The van der Waals surface area contributed by atoms with Crippen molar-refractivity contribution in [3.05, 3.63) is 65.0 Å². The van der Waals surface area contributed by atoms with Gasteiger partial charge in [-0.05, 0) is 36.4 Å². The molecule has 1 saturated heterocycles. The predicted octanol–water partition coefficient (Wildman–Crippen LogP) is 3.71. The second kappa shape index (κ2) is 6.87. The SMILES string of the molecule is Brc1ccc2nccc(N3CCN(Cc4ccccn4)CC3)c2c1. The number of fused-ring (bicyclic) bond motifs is 1. The van der Waals surface area contributed by atoms with Crippen LogP contribution in [0.2, 0.25) is 0 Å². The van der Waals surface area contributed by atoms with E-state index in [2.05, 4.69) is 66.0 Å². The Morgan fingerprint density at radius 1 is 0.917 bits per heavy atom. The highest BCUT2D eigenvalue weighted by atomic mass is 79.9. The molecule has 5 heteroatoms. The summed E-state index contributed by atoms with van der Waals surface area (Å²) >= 11 is 3.58. The van der Waals surface area contributed by atoms with Crippen LogP contribution >= 0.6 is 15.9 Å². The number of anilines is 1. The number of nitrogens with zero attached hydrogens (tertiary/aromatic N) is 4. The number of benzene rings is 1. The first-order valence-electron chi connectivity index (χ1n) is 8.21. The first kappa shape index (κ1) is 15.5. The van der Waals surface area contributed by atoms with Crippen LogP contribution in [-0.2, 0) is 6.54 Å². The standard InChI is InChI=1S/C19H19BrN4/c20-15-4-5-18-17(13-15)19(6-8-22-18)24-11-9-23(10-12-24)14-16-3-1-2-7-21-16/h1-8,13H,9-12,14H2. The van der Waals surface area contributed by atoms with Gasteiger partial charge < -0.3 is 4.90 Å². The molecule has 0 spiro atoms. The Bertz CT molecular complexity index is 829. The van der Waals surface area contributed by atoms with Gasteiger partial charge >= 0.3 is 0 Å². The Morgan fingerprint density at radius 3 is 2.58 bits per heavy atom. The van der Waals surface area contributed by atoms with Crippen molar-refractivity contribution in [2.24, 2.45) is 0 Å². The van der Waals surface area contributed by atoms with Gasteiger partial charge in [0.15, 0.2) is 0 Å². The van der Waals surface area contributed by atoms with Crippen LogP contribution < -0.4 is 4.90 Å². The first-order chi connectivity index (χ1) is 11.8. The molecule has 0 saturated carbocycles. The van der Waals surface area contributed by atoms with E-state index in [9.17, 15) is 0 Å². The number of rotatable bonds is 3. The van der Waals surface area contributed by atoms with Crippen molar-refractivity contribution in [2.45, 2.75) is 6.54 Å². The zero-order chi connectivity index (χ0) is 16.4. The predicted molar refractivity (Wildman–Crippen MR) is 101 cm³/mol. The van der Waals surface area contributed by atoms with E-state index in [1.807, 2.05) is 24.5 Å². The zero-order valence-corrected chi connectivity index (χ0v) is 15.0. The highest BCUT2D eigenvalue weighted by Crippen LogP contribution is 2.28. The summed E-state index contributed by atoms with van der Waals surface area (Å²) in [6.45, 7) is 5.08. The van der Waals surface area contributed by atoms with E-state index < -0.39 is 0 Å². The van der Waals surface area contributed by atoms with E-state index in [4.69, 9.17) is 0 Å². The topological polar surface area (TPSA) is 32.3 Å². The van der Waals surface area contributed by atoms with Crippen molar-refractivity contribution in [1.82, 2.24) is 14.9 Å². The van der Waals surface area contributed by atoms with Gasteiger partial charge in [-0.1, -0.05) is 22.0 Å². The van der Waals surface area contributed by atoms with Crippen LogP contribution in [0.25, 0.3) is 10.9 Å². The number of piperazine rings is 1. The maximum Gasteiger partial charge on any atom is 0.0723 e. The molecule has 3 aromatic rings. The fraction of sp³-hybridized carbons (Fsp3) is 0.263. The van der Waals surface area contributed by atoms with Gasteiger partial charge in [-0.3, -0.25) is 14.9 Å². The Kier molecular flexibility index (Phi) is 4.45. The molecule has 122 valence electrons. The summed E-state index contributed by atoms with van der Waals surface area (Å²) in [5.41, 5.74) is 3.47. The molecule has 1 aromatic carbocycles. The number of halogens is 1. The largest absolute Gasteiger partial charge is 0.368 e. The van der Waals surface area contributed by atoms with Gasteiger partial charge in [0.25, 0.3) is 0 Å². The van der Waals surface area contributed by atoms with E-state index in [1.54, 1.807) is 0 Å². The smallest absolute Gasteiger partial charge is 0.0723 e. The molecule has 1 aliphatic heterocycles. The average Bonchev–Trinajstić information content (AvgIpc) is 2.63. The van der Waals surface area contributed by atoms with Crippen molar-refractivity contribution >= 4 is 32.5 Å². The second-order valence-corrected chi connectivity index (χ2v) is 6.99. The summed E-state index contributed by atoms with van der Waals surface area (Å²) < 4.78 is 1.10. The molecular weight excluding hydrogens is 364 g/mol. The van der Waals surface area contributed by atoms with Crippen LogP contribution in [-0.4, -0.2) is 41.0 Å². The quantitative estimate of drug-likeness (QED) is 0.690. The molecule has 4 nitrogen and oxygen atoms in total. The van der Waals surface area contributed by atoms with Gasteiger partial charge in [-0.25, -0.2) is 0 Å². The highest BCUT2D eigenvalue weighted by molar-refractivity contribution is 9.10. The Hall–Kier alpha value is -1.98. The lowest BCUT2D eigenvalue weighted by Gasteiger charge is -2.36. The summed E-state index contributed by atoms with van der Waals surface area (Å²) in [7, 11) is 0. The van der Waals surface area contributed by atoms with Crippen molar-refractivity contribution in [3.63, 3.8) is 0 Å². The molecule has 1 fully saturated rings. The van der Waals surface area contributed by atoms with E-state index in [0.717, 1.165) is 48.4 Å². The van der Waals surface area contributed by atoms with E-state index in [-0.39, 0.29) is 0 Å². The lowest BCUT2D eigenvalue weighted by Crippen LogP contribution is -2.46. The van der Waals surface area contributed by atoms with Crippen LogP contribution in [0.4, 0.5) is 5.69 Å². The van der Waals surface area contributed by atoms with Crippen LogP contribution in [0.15, 0.2) is 59.3 Å². The summed E-state index contributed by atoms with van der Waals surface area (Å²) in [5.74, 6) is 0. The molecule has 0 unspecified atom stereocenters. The minimum atomic E-state index is 0.928. The number of hydrogen-bond acceptors (Lipinski definition) is 4. The van der Waals surface area contributed by atoms with Crippen molar-refractivity contribution in [2.75, 3.05) is 31.1 Å². The summed E-state index contributed by atoms with van der Waals surface area (Å²) in [4.78, 5) is 13.8. The van der Waals surface area contributed by atoms with Gasteiger partial charge in [0, 0.05) is 60.7 Å². The molecule has 0 aliphatic carbocycles. The molecule has 0 atom stereocenters. The minimum absolute atomic E-state index is 0.928. The van der Waals surface area contributed by atoms with E-state index >= 15 is 0 Å². The van der Waals surface area contributed by atoms with Crippen molar-refractivity contribution in [3.8, 4) is 0 Å². The molecule has 4 rings (SSSR count). The Balaban J connectivity index is 1.49. The van der Waals surface area contributed by atoms with Gasteiger partial charge in [0.2, 0.25) is 0 Å². The lowest BCUT2D eigenvalue weighted by molar-refractivity contribution is 0.247. The Labute approximate surface area is 150 Å². The third-order valence-corrected chi connectivity index (χ3v) is 5.00. The molecular formula is C19H19BrN4. The molecule has 0 amide bonds. The maximum atomic E-state index is 4.48. The molecule has 2 aromatic heterocycles. The minimum Gasteiger partial charge on any atom is -0.368 e. The van der Waals surface area contributed by atoms with Crippen LogP contribution in [0.3, 0.4) is 0 Å². The van der Waals surface area contributed by atoms with Gasteiger partial charge in [-0.15, -0.1) is 0 Å². The molecule has 0 bridgehead atoms. The molecule has 1 aliphatic rings. The van der Waals surface area contributed by atoms with Crippen LogP contribution in [0.5, 0.6) is 0 Å². The monoisotopic (exact) mass is 382 g/mol. The number of aromatic nitrogens is 2. The molecule has 0 radical (unpaired) electrons. The fourth-order valence-corrected chi connectivity index (χ4v) is 3.61. The highest BCUT2D eigenvalue weighted by Gasteiger charge is 2.19. The molecule has 24 heavy (non-hydrogen) atoms. The molecule has 3 heterocycles. The van der Waals surface area contributed by atoms with Gasteiger partial charge in [-0.2, -0.15) is 0 Å². The van der Waals surface area contributed by atoms with Crippen LogP contribution in [0, 0.1) is 0 Å². The normalized spacial score (nSPS) is 15.8. The first-order valence-corrected chi connectivity index (χ1v) is 9.00. The Morgan fingerprint density at radius 2 is 1.79 bits per heavy atom. The van der Waals surface area contributed by atoms with Crippen molar-refractivity contribution < 1.29 is 0 Å². The van der Waals surface area contributed by atoms with E-state index in [0.29, 0.717) is 0 Å². The van der Waals surface area contributed by atoms with Crippen LogP contribution in [0.1, 0.15) is 5.69 Å². The maximum absolute atomic E-state index is 4.48. The third kappa shape index (κ3) is 3.28. The average molecular weight is 383 g/mol. The third-order valence-electron chi connectivity index (χ3n) is 4.51. The van der Waals surface area contributed by atoms with Gasteiger partial charge in [0.05, 0.1) is 11.2 Å². The fourth-order valence-electron chi connectivity index (χ4n) is 3.25. The second-order valence-electron chi connectivity index (χ2n) is 6.08. The summed E-state index contributed by atoms with van der Waals surface area (Å²) in [6, 6.07) is 14.5. The zero-order valence-electron chi connectivity index (χ0n) is 13.4. The molecule has 0 N–H and O–H groups in total. The summed E-state index contributed by atoms with van der Waals surface area (Å²) in [6.07, 6.45) is 3.78.